The molecule has 2 aromatic rings. The van der Waals surface area contributed by atoms with E-state index in [-0.39, 0.29) is 6.42 Å². The van der Waals surface area contributed by atoms with Crippen LogP contribution in [0, 0.1) is 13.8 Å². The van der Waals surface area contributed by atoms with Crippen molar-refractivity contribution in [3.05, 3.63) is 58.7 Å². The highest BCUT2D eigenvalue weighted by Gasteiger charge is 2.14. The molecule has 0 radical (unpaired) electrons. The van der Waals surface area contributed by atoms with E-state index in [0.717, 1.165) is 11.1 Å². The fourth-order valence-electron chi connectivity index (χ4n) is 2.59. The average Bonchev–Trinajstić information content (AvgIpc) is 2.67. The third-order valence-corrected chi connectivity index (χ3v) is 4.07. The number of aryl methyl sites for hydroxylation is 2. The van der Waals surface area contributed by atoms with E-state index in [1.807, 2.05) is 19.1 Å². The summed E-state index contributed by atoms with van der Waals surface area (Å²) < 4.78 is 15.0. The van der Waals surface area contributed by atoms with E-state index in [2.05, 4.69) is 10.1 Å². The molecule has 0 heterocycles. The Morgan fingerprint density at radius 2 is 1.75 bits per heavy atom. The monoisotopic (exact) mass is 385 g/mol. The van der Waals surface area contributed by atoms with Crippen LogP contribution in [-0.2, 0) is 25.5 Å². The molecule has 28 heavy (non-hydrogen) atoms. The molecular weight excluding hydrogens is 362 g/mol. The number of ether oxygens (including phenoxy) is 3. The van der Waals surface area contributed by atoms with E-state index in [1.165, 1.54) is 20.3 Å². The number of carbonyl (C=O) groups is 3. The van der Waals surface area contributed by atoms with Crippen molar-refractivity contribution >= 4 is 23.5 Å². The van der Waals surface area contributed by atoms with Crippen molar-refractivity contribution in [2.24, 2.45) is 0 Å². The number of carbonyl (C=O) groups excluding carboxylic acids is 3. The Morgan fingerprint density at radius 1 is 1.00 bits per heavy atom. The first-order valence-corrected chi connectivity index (χ1v) is 8.62. The van der Waals surface area contributed by atoms with Gasteiger partial charge < -0.3 is 19.5 Å². The van der Waals surface area contributed by atoms with E-state index in [0.29, 0.717) is 22.6 Å². The molecule has 0 bridgehead atoms. The number of rotatable bonds is 7. The van der Waals surface area contributed by atoms with Gasteiger partial charge in [0.25, 0.3) is 5.91 Å². The SMILES string of the molecule is COC(=O)c1ccc(C)c(NC(=O)COC(=O)Cc2cc(C)ccc2OC)c1. The predicted molar refractivity (Wildman–Crippen MR) is 104 cm³/mol. The van der Waals surface area contributed by atoms with Gasteiger partial charge in [-0.05, 0) is 37.6 Å². The van der Waals surface area contributed by atoms with Crippen LogP contribution in [0.4, 0.5) is 5.69 Å². The summed E-state index contributed by atoms with van der Waals surface area (Å²) in [5.41, 5.74) is 3.20. The molecular formula is C21H23NO6. The topological polar surface area (TPSA) is 90.9 Å². The lowest BCUT2D eigenvalue weighted by atomic mass is 10.1. The van der Waals surface area contributed by atoms with Crippen LogP contribution < -0.4 is 10.1 Å². The lowest BCUT2D eigenvalue weighted by Crippen LogP contribution is -2.22. The highest BCUT2D eigenvalue weighted by molar-refractivity contribution is 5.96. The van der Waals surface area contributed by atoms with Gasteiger partial charge in [-0.25, -0.2) is 4.79 Å². The molecule has 0 fully saturated rings. The van der Waals surface area contributed by atoms with Crippen molar-refractivity contribution in [2.45, 2.75) is 20.3 Å². The van der Waals surface area contributed by atoms with Gasteiger partial charge in [-0.1, -0.05) is 23.8 Å². The van der Waals surface area contributed by atoms with Gasteiger partial charge in [-0.15, -0.1) is 0 Å². The normalized spacial score (nSPS) is 10.1. The highest BCUT2D eigenvalue weighted by Crippen LogP contribution is 2.21. The van der Waals surface area contributed by atoms with E-state index in [1.54, 1.807) is 25.1 Å². The molecule has 1 amide bonds. The molecule has 7 heteroatoms. The van der Waals surface area contributed by atoms with Gasteiger partial charge in [0.05, 0.1) is 26.2 Å². The molecule has 0 aliphatic heterocycles. The first-order chi connectivity index (χ1) is 13.3. The molecule has 148 valence electrons. The Balaban J connectivity index is 1.95. The Bertz CT molecular complexity index is 890. The second-order valence-electron chi connectivity index (χ2n) is 6.22. The minimum Gasteiger partial charge on any atom is -0.496 e. The Kier molecular flexibility index (Phi) is 7.14. The number of nitrogens with one attached hydrogen (secondary N) is 1. The molecule has 0 saturated heterocycles. The molecule has 0 aliphatic carbocycles. The van der Waals surface area contributed by atoms with Crippen LogP contribution in [0.5, 0.6) is 5.75 Å². The maximum atomic E-state index is 12.1. The van der Waals surface area contributed by atoms with Crippen LogP contribution in [0.15, 0.2) is 36.4 Å². The van der Waals surface area contributed by atoms with E-state index >= 15 is 0 Å². The zero-order chi connectivity index (χ0) is 20.7. The van der Waals surface area contributed by atoms with Gasteiger partial charge in [-0.2, -0.15) is 0 Å². The van der Waals surface area contributed by atoms with Crippen LogP contribution in [0.2, 0.25) is 0 Å². The summed E-state index contributed by atoms with van der Waals surface area (Å²) in [6, 6.07) is 10.3. The van der Waals surface area contributed by atoms with Crippen LogP contribution >= 0.6 is 0 Å². The van der Waals surface area contributed by atoms with Gasteiger partial charge in [0.15, 0.2) is 6.61 Å². The van der Waals surface area contributed by atoms with Crippen molar-refractivity contribution in [2.75, 3.05) is 26.1 Å². The van der Waals surface area contributed by atoms with Gasteiger partial charge in [0.2, 0.25) is 0 Å². The van der Waals surface area contributed by atoms with Gasteiger partial charge >= 0.3 is 11.9 Å². The fourth-order valence-corrected chi connectivity index (χ4v) is 2.59. The molecule has 2 aromatic carbocycles. The number of esters is 2. The molecule has 7 nitrogen and oxygen atoms in total. The first kappa shape index (κ1) is 21.0. The average molecular weight is 385 g/mol. The third-order valence-electron chi connectivity index (χ3n) is 4.07. The third kappa shape index (κ3) is 5.57. The Hall–Kier alpha value is -3.35. The summed E-state index contributed by atoms with van der Waals surface area (Å²) in [4.78, 5) is 35.8. The standard InChI is InChI=1S/C21H23NO6/c1-13-5-8-18(26-3)16(9-13)11-20(24)28-12-19(23)22-17-10-15(21(25)27-4)7-6-14(17)2/h5-10H,11-12H2,1-4H3,(H,22,23). The maximum Gasteiger partial charge on any atom is 0.337 e. The number of hydrogen-bond acceptors (Lipinski definition) is 6. The number of hydrogen-bond donors (Lipinski definition) is 1. The minimum absolute atomic E-state index is 0.00497. The summed E-state index contributed by atoms with van der Waals surface area (Å²) in [5.74, 6) is -0.968. The molecule has 0 spiro atoms. The van der Waals surface area contributed by atoms with Crippen molar-refractivity contribution in [3.8, 4) is 5.75 Å². The minimum atomic E-state index is -0.543. The smallest absolute Gasteiger partial charge is 0.337 e. The number of anilines is 1. The van der Waals surface area contributed by atoms with Crippen LogP contribution in [0.3, 0.4) is 0 Å². The van der Waals surface area contributed by atoms with Crippen molar-refractivity contribution in [3.63, 3.8) is 0 Å². The zero-order valence-corrected chi connectivity index (χ0v) is 16.3. The van der Waals surface area contributed by atoms with E-state index < -0.39 is 24.5 Å². The van der Waals surface area contributed by atoms with E-state index in [9.17, 15) is 14.4 Å². The van der Waals surface area contributed by atoms with Gasteiger partial charge in [0, 0.05) is 11.3 Å². The maximum absolute atomic E-state index is 12.1. The van der Waals surface area contributed by atoms with Gasteiger partial charge in [0.1, 0.15) is 5.75 Å². The predicted octanol–water partition coefficient (Wildman–Crippen LogP) is 2.82. The molecule has 0 aromatic heterocycles. The molecule has 0 aliphatic rings. The molecule has 0 saturated carbocycles. The molecule has 1 N–H and O–H groups in total. The van der Waals surface area contributed by atoms with Crippen molar-refractivity contribution < 1.29 is 28.6 Å². The summed E-state index contributed by atoms with van der Waals surface area (Å²) in [5, 5.41) is 2.63. The summed E-state index contributed by atoms with van der Waals surface area (Å²) >= 11 is 0. The molecule has 0 unspecified atom stereocenters. The summed E-state index contributed by atoms with van der Waals surface area (Å²) in [6.07, 6.45) is -0.00497. The zero-order valence-electron chi connectivity index (χ0n) is 16.3. The quantitative estimate of drug-likeness (QED) is 0.737. The summed E-state index contributed by atoms with van der Waals surface area (Å²) in [6.45, 7) is 3.26. The lowest BCUT2D eigenvalue weighted by Gasteiger charge is -2.11. The van der Waals surface area contributed by atoms with E-state index in [4.69, 9.17) is 9.47 Å². The Morgan fingerprint density at radius 3 is 2.43 bits per heavy atom. The highest BCUT2D eigenvalue weighted by atomic mass is 16.5. The fraction of sp³-hybridized carbons (Fsp3) is 0.286. The lowest BCUT2D eigenvalue weighted by molar-refractivity contribution is -0.146. The van der Waals surface area contributed by atoms with Gasteiger partial charge in [-0.3, -0.25) is 9.59 Å². The molecule has 2 rings (SSSR count). The Labute approximate surface area is 163 Å². The largest absolute Gasteiger partial charge is 0.496 e. The number of methoxy groups -OCH3 is 2. The number of amides is 1. The van der Waals surface area contributed by atoms with Crippen LogP contribution in [0.1, 0.15) is 27.0 Å². The number of benzene rings is 2. The second-order valence-corrected chi connectivity index (χ2v) is 6.22. The van der Waals surface area contributed by atoms with Crippen LogP contribution in [-0.4, -0.2) is 38.7 Å². The van der Waals surface area contributed by atoms with Crippen molar-refractivity contribution in [1.82, 2.24) is 0 Å². The molecule has 0 atom stereocenters. The first-order valence-electron chi connectivity index (χ1n) is 8.62. The summed E-state index contributed by atoms with van der Waals surface area (Å²) in [7, 11) is 2.81. The van der Waals surface area contributed by atoms with Crippen molar-refractivity contribution in [1.29, 1.82) is 0 Å². The second kappa shape index (κ2) is 9.55. The van der Waals surface area contributed by atoms with Crippen LogP contribution in [0.25, 0.3) is 0 Å².